The fourth-order valence-electron chi connectivity index (χ4n) is 3.50. The molecule has 27 heavy (non-hydrogen) atoms. The molecule has 2 heterocycles. The van der Waals surface area contributed by atoms with Gasteiger partial charge in [-0.2, -0.15) is 0 Å². The van der Waals surface area contributed by atoms with Gasteiger partial charge in [0.2, 0.25) is 0 Å². The van der Waals surface area contributed by atoms with Gasteiger partial charge in [0.15, 0.2) is 0 Å². The summed E-state index contributed by atoms with van der Waals surface area (Å²) in [5, 5.41) is 11.7. The highest BCUT2D eigenvalue weighted by atomic mass is 15.4. The monoisotopic (exact) mass is 354 g/mol. The van der Waals surface area contributed by atoms with Crippen molar-refractivity contribution in [1.29, 1.82) is 0 Å². The summed E-state index contributed by atoms with van der Waals surface area (Å²) >= 11 is 0. The molecular weight excluding hydrogens is 332 g/mol. The SMILES string of the molecule is C=c1/c(=C\C=C(/C)n2nncc2-c2ccccc2)n(CC)c2ccccc12. The first-order valence-electron chi connectivity index (χ1n) is 9.12. The van der Waals surface area contributed by atoms with E-state index >= 15 is 0 Å². The second kappa shape index (κ2) is 7.08. The molecule has 2 aromatic carbocycles. The van der Waals surface area contributed by atoms with Crippen LogP contribution in [-0.4, -0.2) is 19.6 Å². The molecule has 0 aliphatic heterocycles. The number of benzene rings is 2. The summed E-state index contributed by atoms with van der Waals surface area (Å²) < 4.78 is 4.16. The van der Waals surface area contributed by atoms with Gasteiger partial charge in [0.05, 0.1) is 11.9 Å². The zero-order valence-electron chi connectivity index (χ0n) is 15.6. The molecule has 0 unspecified atom stereocenters. The second-order valence-corrected chi connectivity index (χ2v) is 6.50. The molecule has 0 atom stereocenters. The van der Waals surface area contributed by atoms with Crippen LogP contribution in [0.15, 0.2) is 66.9 Å². The van der Waals surface area contributed by atoms with Crippen molar-refractivity contribution in [2.45, 2.75) is 20.4 Å². The van der Waals surface area contributed by atoms with Gasteiger partial charge in [-0.1, -0.05) is 60.3 Å². The number of nitrogens with zero attached hydrogens (tertiary/aromatic N) is 4. The molecular formula is C23H22N4. The van der Waals surface area contributed by atoms with Crippen LogP contribution in [0.5, 0.6) is 0 Å². The van der Waals surface area contributed by atoms with Gasteiger partial charge in [0, 0.05) is 39.3 Å². The second-order valence-electron chi connectivity index (χ2n) is 6.50. The number of rotatable bonds is 4. The van der Waals surface area contributed by atoms with Gasteiger partial charge in [-0.25, -0.2) is 4.68 Å². The molecule has 134 valence electrons. The Balaban J connectivity index is 1.83. The van der Waals surface area contributed by atoms with E-state index in [1.807, 2.05) is 29.8 Å². The van der Waals surface area contributed by atoms with Gasteiger partial charge >= 0.3 is 0 Å². The fourth-order valence-corrected chi connectivity index (χ4v) is 3.50. The van der Waals surface area contributed by atoms with Crippen LogP contribution in [0.2, 0.25) is 0 Å². The molecule has 4 heteroatoms. The molecule has 4 nitrogen and oxygen atoms in total. The molecule has 4 rings (SSSR count). The molecule has 0 amide bonds. The first kappa shape index (κ1) is 17.0. The van der Waals surface area contributed by atoms with E-state index in [1.54, 1.807) is 6.20 Å². The van der Waals surface area contributed by atoms with Crippen LogP contribution in [0.1, 0.15) is 13.8 Å². The number of aryl methyl sites for hydroxylation is 1. The number of fused-ring (bicyclic) bond motifs is 1. The molecule has 0 spiro atoms. The van der Waals surface area contributed by atoms with Gasteiger partial charge in [0.1, 0.15) is 0 Å². The number of hydrogen-bond donors (Lipinski definition) is 0. The first-order chi connectivity index (χ1) is 13.2. The lowest BCUT2D eigenvalue weighted by Gasteiger charge is -2.06. The van der Waals surface area contributed by atoms with E-state index in [9.17, 15) is 0 Å². The lowest BCUT2D eigenvalue weighted by molar-refractivity contribution is 0.771. The molecule has 0 bridgehead atoms. The van der Waals surface area contributed by atoms with Gasteiger partial charge in [-0.05, 0) is 32.1 Å². The standard InChI is InChI=1S/C23H22N4/c1-4-26-21(18(3)20-12-8-9-13-22(20)26)15-14-17(2)27-23(16-24-25-27)19-10-6-5-7-11-19/h5-16H,3-4H2,1-2H3/b17-14+,21-15+. The van der Waals surface area contributed by atoms with Gasteiger partial charge in [0.25, 0.3) is 0 Å². The van der Waals surface area contributed by atoms with E-state index in [1.165, 1.54) is 10.9 Å². The summed E-state index contributed by atoms with van der Waals surface area (Å²) in [6, 6.07) is 18.6. The van der Waals surface area contributed by atoms with Crippen molar-refractivity contribution in [1.82, 2.24) is 19.6 Å². The average molecular weight is 354 g/mol. The lowest BCUT2D eigenvalue weighted by atomic mass is 10.1. The van der Waals surface area contributed by atoms with Crippen molar-refractivity contribution in [2.24, 2.45) is 0 Å². The molecule has 0 radical (unpaired) electrons. The zero-order chi connectivity index (χ0) is 18.8. The van der Waals surface area contributed by atoms with Crippen LogP contribution in [-0.2, 0) is 6.54 Å². The van der Waals surface area contributed by atoms with Gasteiger partial charge in [-0.3, -0.25) is 0 Å². The highest BCUT2D eigenvalue weighted by Crippen LogP contribution is 2.20. The summed E-state index contributed by atoms with van der Waals surface area (Å²) in [6.45, 7) is 9.40. The maximum atomic E-state index is 4.31. The number of allylic oxidation sites excluding steroid dienone is 2. The highest BCUT2D eigenvalue weighted by molar-refractivity contribution is 5.81. The largest absolute Gasteiger partial charge is 0.341 e. The minimum absolute atomic E-state index is 0.896. The van der Waals surface area contributed by atoms with Crippen LogP contribution in [0, 0.1) is 0 Å². The Hall–Kier alpha value is -3.40. The molecule has 4 aromatic rings. The normalized spacial score (nSPS) is 12.8. The van der Waals surface area contributed by atoms with Crippen LogP contribution in [0.25, 0.3) is 40.5 Å². The molecule has 0 aliphatic rings. The Morgan fingerprint density at radius 2 is 1.81 bits per heavy atom. The molecule has 0 aliphatic carbocycles. The van der Waals surface area contributed by atoms with E-state index in [0.29, 0.717) is 0 Å². The lowest BCUT2D eigenvalue weighted by Crippen LogP contribution is -2.27. The zero-order valence-corrected chi connectivity index (χ0v) is 15.6. The number of aromatic nitrogens is 4. The van der Waals surface area contributed by atoms with E-state index < -0.39 is 0 Å². The predicted molar refractivity (Wildman–Crippen MR) is 112 cm³/mol. The Morgan fingerprint density at radius 1 is 1.07 bits per heavy atom. The van der Waals surface area contributed by atoms with Crippen LogP contribution < -0.4 is 10.6 Å². The van der Waals surface area contributed by atoms with E-state index in [0.717, 1.165) is 34.1 Å². The fraction of sp³-hybridized carbons (Fsp3) is 0.130. The Bertz CT molecular complexity index is 1230. The Morgan fingerprint density at radius 3 is 2.59 bits per heavy atom. The summed E-state index contributed by atoms with van der Waals surface area (Å²) in [4.78, 5) is 0. The first-order valence-corrected chi connectivity index (χ1v) is 9.12. The van der Waals surface area contributed by atoms with Crippen LogP contribution >= 0.6 is 0 Å². The quantitative estimate of drug-likeness (QED) is 0.560. The van der Waals surface area contributed by atoms with Gasteiger partial charge < -0.3 is 4.57 Å². The third kappa shape index (κ3) is 2.99. The smallest absolute Gasteiger partial charge is 0.0940 e. The number of hydrogen-bond acceptors (Lipinski definition) is 2. The molecule has 0 N–H and O–H groups in total. The van der Waals surface area contributed by atoms with Crippen molar-refractivity contribution >= 4 is 29.3 Å². The minimum Gasteiger partial charge on any atom is -0.341 e. The molecule has 0 saturated heterocycles. The summed E-state index contributed by atoms with van der Waals surface area (Å²) in [7, 11) is 0. The van der Waals surface area contributed by atoms with Crippen molar-refractivity contribution in [3.05, 3.63) is 77.4 Å². The maximum Gasteiger partial charge on any atom is 0.0940 e. The van der Waals surface area contributed by atoms with Crippen LogP contribution in [0.4, 0.5) is 0 Å². The van der Waals surface area contributed by atoms with E-state index in [-0.39, 0.29) is 0 Å². The Kier molecular flexibility index (Phi) is 4.47. The minimum atomic E-state index is 0.896. The van der Waals surface area contributed by atoms with E-state index in [2.05, 4.69) is 76.9 Å². The summed E-state index contributed by atoms with van der Waals surface area (Å²) in [5.74, 6) is 0. The van der Waals surface area contributed by atoms with Crippen molar-refractivity contribution in [3.63, 3.8) is 0 Å². The van der Waals surface area contributed by atoms with Gasteiger partial charge in [-0.15, -0.1) is 5.10 Å². The molecule has 0 saturated carbocycles. The maximum absolute atomic E-state index is 4.31. The third-order valence-corrected chi connectivity index (χ3v) is 4.87. The highest BCUT2D eigenvalue weighted by Gasteiger charge is 2.08. The topological polar surface area (TPSA) is 35.6 Å². The third-order valence-electron chi connectivity index (χ3n) is 4.87. The number of para-hydroxylation sites is 1. The molecule has 2 aromatic heterocycles. The summed E-state index contributed by atoms with van der Waals surface area (Å²) in [5.41, 5.74) is 4.28. The molecule has 0 fully saturated rings. The average Bonchev–Trinajstić information content (AvgIpc) is 3.30. The summed E-state index contributed by atoms with van der Waals surface area (Å²) in [6.07, 6.45) is 6.00. The van der Waals surface area contributed by atoms with Crippen LogP contribution in [0.3, 0.4) is 0 Å². The van der Waals surface area contributed by atoms with Crippen molar-refractivity contribution in [3.8, 4) is 11.3 Å². The Labute approximate surface area is 158 Å². The van der Waals surface area contributed by atoms with Crippen molar-refractivity contribution < 1.29 is 0 Å². The predicted octanol–water partition coefficient (Wildman–Crippen LogP) is 3.67. The van der Waals surface area contributed by atoms with Crippen molar-refractivity contribution in [2.75, 3.05) is 0 Å². The van der Waals surface area contributed by atoms with E-state index in [4.69, 9.17) is 0 Å².